The summed E-state index contributed by atoms with van der Waals surface area (Å²) in [6.07, 6.45) is 6.56. The lowest BCUT2D eigenvalue weighted by Crippen LogP contribution is -2.25. The predicted octanol–water partition coefficient (Wildman–Crippen LogP) is 4.06. The molecule has 1 aliphatic heterocycles. The summed E-state index contributed by atoms with van der Waals surface area (Å²) in [4.78, 5) is 15.7. The van der Waals surface area contributed by atoms with Gasteiger partial charge in [0.15, 0.2) is 0 Å². The van der Waals surface area contributed by atoms with Crippen LogP contribution in [0.2, 0.25) is 0 Å². The van der Waals surface area contributed by atoms with Crippen LogP contribution in [0.3, 0.4) is 0 Å². The molecular weight excluding hydrogens is 332 g/mol. The summed E-state index contributed by atoms with van der Waals surface area (Å²) >= 11 is 0. The number of nitrogens with one attached hydrogen (secondary N) is 1. The van der Waals surface area contributed by atoms with Gasteiger partial charge in [-0.2, -0.15) is 0 Å². The first-order valence-electron chi connectivity index (χ1n) is 8.74. The molecule has 0 saturated carbocycles. The van der Waals surface area contributed by atoms with Crippen molar-refractivity contribution in [3.8, 4) is 0 Å². The van der Waals surface area contributed by atoms with Crippen molar-refractivity contribution in [2.45, 2.75) is 30.6 Å². The summed E-state index contributed by atoms with van der Waals surface area (Å²) in [5.74, 6) is -0.143. The van der Waals surface area contributed by atoms with Gasteiger partial charge in [-0.15, -0.1) is 0 Å². The Bertz CT molecular complexity index is 751. The molecule has 0 aromatic heterocycles. The highest BCUT2D eigenvalue weighted by Gasteiger charge is 2.15. The van der Waals surface area contributed by atoms with E-state index in [1.807, 2.05) is 18.2 Å². The largest absolute Gasteiger partial charge is 0.370 e. The van der Waals surface area contributed by atoms with Gasteiger partial charge < -0.3 is 10.2 Å². The molecule has 25 heavy (non-hydrogen) atoms. The van der Waals surface area contributed by atoms with Gasteiger partial charge in [0.25, 0.3) is 5.91 Å². The molecule has 4 nitrogen and oxygen atoms in total. The maximum absolute atomic E-state index is 12.6. The van der Waals surface area contributed by atoms with Gasteiger partial charge in [0.1, 0.15) is 0 Å². The molecule has 1 aliphatic rings. The molecule has 1 atom stereocenters. The molecule has 5 heteroatoms. The molecule has 1 heterocycles. The zero-order valence-corrected chi connectivity index (χ0v) is 15.3. The van der Waals surface area contributed by atoms with Crippen LogP contribution in [0.4, 0.5) is 11.4 Å². The summed E-state index contributed by atoms with van der Waals surface area (Å²) in [6.45, 7) is 2.06. The van der Waals surface area contributed by atoms with Crippen LogP contribution < -0.4 is 10.2 Å². The molecule has 0 spiro atoms. The molecule has 1 amide bonds. The number of para-hydroxylation sites is 2. The third-order valence-corrected chi connectivity index (χ3v) is 5.48. The minimum absolute atomic E-state index is 0.143. The SMILES string of the molecule is C[S@](=O)c1ccc(C(=O)Nc2ccccc2N2CCCCCC2)cc1. The lowest BCUT2D eigenvalue weighted by Gasteiger charge is -2.25. The van der Waals surface area contributed by atoms with E-state index < -0.39 is 10.8 Å². The summed E-state index contributed by atoms with van der Waals surface area (Å²) in [5.41, 5.74) is 2.50. The zero-order chi connectivity index (χ0) is 17.6. The molecule has 3 rings (SSSR count). The Balaban J connectivity index is 1.78. The standard InChI is InChI=1S/C20H24N2O2S/c1-25(24)17-12-10-16(11-13-17)20(23)21-18-8-4-5-9-19(18)22-14-6-2-3-7-15-22/h4-5,8-13H,2-3,6-7,14-15H2,1H3,(H,21,23)/t25-/m0/s1. The van der Waals surface area contributed by atoms with Gasteiger partial charge in [-0.25, -0.2) is 0 Å². The third-order valence-electron chi connectivity index (χ3n) is 4.55. The minimum atomic E-state index is -1.04. The van der Waals surface area contributed by atoms with Gasteiger partial charge >= 0.3 is 0 Å². The number of amides is 1. The second kappa shape index (κ2) is 8.30. The summed E-state index contributed by atoms with van der Waals surface area (Å²) in [6, 6.07) is 14.9. The Labute approximate surface area is 151 Å². The number of nitrogens with zero attached hydrogens (tertiary/aromatic N) is 1. The fourth-order valence-electron chi connectivity index (χ4n) is 3.16. The number of rotatable bonds is 4. The van der Waals surface area contributed by atoms with Crippen LogP contribution in [0.1, 0.15) is 36.0 Å². The van der Waals surface area contributed by atoms with E-state index in [2.05, 4.69) is 16.3 Å². The van der Waals surface area contributed by atoms with Crippen LogP contribution >= 0.6 is 0 Å². The molecule has 1 saturated heterocycles. The van der Waals surface area contributed by atoms with Crippen LogP contribution in [0.5, 0.6) is 0 Å². The number of hydrogen-bond acceptors (Lipinski definition) is 3. The smallest absolute Gasteiger partial charge is 0.255 e. The fourth-order valence-corrected chi connectivity index (χ4v) is 3.68. The van der Waals surface area contributed by atoms with E-state index >= 15 is 0 Å². The van der Waals surface area contributed by atoms with Crippen molar-refractivity contribution in [2.24, 2.45) is 0 Å². The van der Waals surface area contributed by atoms with E-state index in [0.717, 1.165) is 29.4 Å². The Morgan fingerprint density at radius 2 is 1.60 bits per heavy atom. The van der Waals surface area contributed by atoms with Crippen molar-refractivity contribution in [1.82, 2.24) is 0 Å². The van der Waals surface area contributed by atoms with E-state index in [1.54, 1.807) is 30.5 Å². The van der Waals surface area contributed by atoms with Gasteiger partial charge in [0, 0.05) is 40.6 Å². The molecule has 1 fully saturated rings. The summed E-state index contributed by atoms with van der Waals surface area (Å²) < 4.78 is 11.5. The van der Waals surface area contributed by atoms with Crippen molar-refractivity contribution in [1.29, 1.82) is 0 Å². The molecule has 2 aromatic rings. The van der Waals surface area contributed by atoms with Gasteiger partial charge in [-0.3, -0.25) is 9.00 Å². The van der Waals surface area contributed by atoms with Crippen LogP contribution in [0, 0.1) is 0 Å². The second-order valence-electron chi connectivity index (χ2n) is 6.35. The number of hydrogen-bond donors (Lipinski definition) is 1. The predicted molar refractivity (Wildman–Crippen MR) is 104 cm³/mol. The van der Waals surface area contributed by atoms with E-state index in [-0.39, 0.29) is 5.91 Å². The highest BCUT2D eigenvalue weighted by molar-refractivity contribution is 7.84. The second-order valence-corrected chi connectivity index (χ2v) is 7.73. The number of carbonyl (C=O) groups is 1. The molecular formula is C20H24N2O2S. The van der Waals surface area contributed by atoms with Crippen molar-refractivity contribution < 1.29 is 9.00 Å². The Morgan fingerprint density at radius 1 is 0.960 bits per heavy atom. The van der Waals surface area contributed by atoms with Crippen molar-refractivity contribution in [2.75, 3.05) is 29.6 Å². The van der Waals surface area contributed by atoms with E-state index in [0.29, 0.717) is 5.56 Å². The number of benzene rings is 2. The lowest BCUT2D eigenvalue weighted by atomic mass is 10.2. The monoisotopic (exact) mass is 356 g/mol. The Hall–Kier alpha value is -2.14. The molecule has 0 unspecified atom stereocenters. The van der Waals surface area contributed by atoms with Gasteiger partial charge in [0.2, 0.25) is 0 Å². The van der Waals surface area contributed by atoms with Crippen LogP contribution in [-0.4, -0.2) is 29.5 Å². The Kier molecular flexibility index (Phi) is 5.87. The molecule has 0 bridgehead atoms. The zero-order valence-electron chi connectivity index (χ0n) is 14.5. The fraction of sp³-hybridized carbons (Fsp3) is 0.350. The average Bonchev–Trinajstić information content (AvgIpc) is 2.91. The first kappa shape index (κ1) is 17.7. The van der Waals surface area contributed by atoms with Gasteiger partial charge in [0.05, 0.1) is 11.4 Å². The number of carbonyl (C=O) groups excluding carboxylic acids is 1. The van der Waals surface area contributed by atoms with E-state index in [1.165, 1.54) is 25.7 Å². The highest BCUT2D eigenvalue weighted by Crippen LogP contribution is 2.28. The quantitative estimate of drug-likeness (QED) is 0.899. The summed E-state index contributed by atoms with van der Waals surface area (Å²) in [7, 11) is -1.04. The minimum Gasteiger partial charge on any atom is -0.370 e. The maximum Gasteiger partial charge on any atom is 0.255 e. The highest BCUT2D eigenvalue weighted by atomic mass is 32.2. The average molecular weight is 356 g/mol. The molecule has 0 aliphatic carbocycles. The van der Waals surface area contributed by atoms with E-state index in [4.69, 9.17) is 0 Å². The van der Waals surface area contributed by atoms with Crippen molar-refractivity contribution in [3.05, 3.63) is 54.1 Å². The Morgan fingerprint density at radius 3 is 2.24 bits per heavy atom. The first-order valence-corrected chi connectivity index (χ1v) is 10.3. The molecule has 1 N–H and O–H groups in total. The third kappa shape index (κ3) is 4.48. The molecule has 0 radical (unpaired) electrons. The van der Waals surface area contributed by atoms with E-state index in [9.17, 15) is 9.00 Å². The summed E-state index contributed by atoms with van der Waals surface area (Å²) in [5, 5.41) is 3.04. The lowest BCUT2D eigenvalue weighted by molar-refractivity contribution is 0.102. The van der Waals surface area contributed by atoms with Crippen molar-refractivity contribution in [3.63, 3.8) is 0 Å². The molecule has 2 aromatic carbocycles. The van der Waals surface area contributed by atoms with Gasteiger partial charge in [-0.05, 0) is 49.2 Å². The maximum atomic E-state index is 12.6. The van der Waals surface area contributed by atoms with Crippen LogP contribution in [0.15, 0.2) is 53.4 Å². The topological polar surface area (TPSA) is 49.4 Å². The van der Waals surface area contributed by atoms with Crippen LogP contribution in [-0.2, 0) is 10.8 Å². The molecule has 132 valence electrons. The number of anilines is 2. The van der Waals surface area contributed by atoms with Gasteiger partial charge in [-0.1, -0.05) is 25.0 Å². The first-order chi connectivity index (χ1) is 12.1. The van der Waals surface area contributed by atoms with Crippen LogP contribution in [0.25, 0.3) is 0 Å². The van der Waals surface area contributed by atoms with Crippen molar-refractivity contribution >= 4 is 28.1 Å². The normalized spacial score (nSPS) is 16.1.